The number of rotatable bonds is 3. The van der Waals surface area contributed by atoms with Gasteiger partial charge in [-0.25, -0.2) is 0 Å². The molecular weight excluding hydrogens is 287 g/mol. The van der Waals surface area contributed by atoms with Crippen molar-refractivity contribution in [2.45, 2.75) is 26.4 Å². The van der Waals surface area contributed by atoms with E-state index in [-0.39, 0.29) is 0 Å². The quantitative estimate of drug-likeness (QED) is 0.850. The lowest BCUT2D eigenvalue weighted by molar-refractivity contribution is 0.182. The SMILES string of the molecule is Cc1cc(C(O)Cc2cc(Cl)ccc2Cl)sc1C. The number of aliphatic hydroxyl groups excluding tert-OH is 1. The molecule has 1 aromatic heterocycles. The van der Waals surface area contributed by atoms with Crippen LogP contribution >= 0.6 is 34.5 Å². The highest BCUT2D eigenvalue weighted by atomic mass is 35.5. The summed E-state index contributed by atoms with van der Waals surface area (Å²) in [6.45, 7) is 4.11. The first-order valence-corrected chi connectivity index (χ1v) is 7.23. The summed E-state index contributed by atoms with van der Waals surface area (Å²) in [4.78, 5) is 2.21. The standard InChI is InChI=1S/C14H14Cl2OS/c1-8-5-14(18-9(8)2)13(17)7-10-6-11(15)3-4-12(10)16/h3-6,13,17H,7H2,1-2H3. The zero-order valence-corrected chi connectivity index (χ0v) is 12.5. The smallest absolute Gasteiger partial charge is 0.0922 e. The molecule has 18 heavy (non-hydrogen) atoms. The van der Waals surface area contributed by atoms with Crippen LogP contribution in [0.25, 0.3) is 0 Å². The molecule has 0 aliphatic heterocycles. The Morgan fingerprint density at radius 3 is 2.56 bits per heavy atom. The summed E-state index contributed by atoms with van der Waals surface area (Å²) in [7, 11) is 0. The molecule has 2 rings (SSSR count). The third-order valence-electron chi connectivity index (χ3n) is 2.93. The van der Waals surface area contributed by atoms with Gasteiger partial charge in [0.2, 0.25) is 0 Å². The number of halogens is 2. The predicted octanol–water partition coefficient (Wildman–Crippen LogP) is 4.95. The minimum absolute atomic E-state index is 0.485. The van der Waals surface area contributed by atoms with Crippen LogP contribution < -0.4 is 0 Å². The molecule has 1 unspecified atom stereocenters. The first-order chi connectivity index (χ1) is 8.47. The van der Waals surface area contributed by atoms with Gasteiger partial charge in [0.15, 0.2) is 0 Å². The summed E-state index contributed by atoms with van der Waals surface area (Å²) >= 11 is 13.7. The van der Waals surface area contributed by atoms with Gasteiger partial charge in [0.05, 0.1) is 6.10 Å². The lowest BCUT2D eigenvalue weighted by atomic mass is 10.1. The van der Waals surface area contributed by atoms with Crippen molar-refractivity contribution in [3.8, 4) is 0 Å². The third-order valence-corrected chi connectivity index (χ3v) is 4.79. The van der Waals surface area contributed by atoms with Crippen molar-refractivity contribution in [3.05, 3.63) is 55.2 Å². The number of aryl methyl sites for hydroxylation is 2. The fourth-order valence-corrected chi connectivity index (χ4v) is 3.19. The van der Waals surface area contributed by atoms with Crippen LogP contribution in [0, 0.1) is 13.8 Å². The van der Waals surface area contributed by atoms with Crippen LogP contribution in [0.1, 0.15) is 27.0 Å². The van der Waals surface area contributed by atoms with E-state index in [0.29, 0.717) is 16.5 Å². The van der Waals surface area contributed by atoms with E-state index in [1.807, 2.05) is 6.07 Å². The fourth-order valence-electron chi connectivity index (χ4n) is 1.77. The maximum atomic E-state index is 10.2. The molecule has 0 spiro atoms. The van der Waals surface area contributed by atoms with Gasteiger partial charge < -0.3 is 5.11 Å². The molecule has 1 N–H and O–H groups in total. The number of benzene rings is 1. The molecule has 1 aromatic carbocycles. The normalized spacial score (nSPS) is 12.7. The maximum absolute atomic E-state index is 10.2. The van der Waals surface area contributed by atoms with Crippen LogP contribution in [0.3, 0.4) is 0 Å². The summed E-state index contributed by atoms with van der Waals surface area (Å²) in [6, 6.07) is 7.35. The van der Waals surface area contributed by atoms with Gasteiger partial charge in [-0.2, -0.15) is 0 Å². The molecule has 1 heterocycles. The van der Waals surface area contributed by atoms with Gasteiger partial charge in [0.1, 0.15) is 0 Å². The first kappa shape index (κ1) is 13.9. The molecule has 0 radical (unpaired) electrons. The molecule has 4 heteroatoms. The average Bonchev–Trinajstić information content (AvgIpc) is 2.64. The lowest BCUT2D eigenvalue weighted by Crippen LogP contribution is -2.00. The number of thiophene rings is 1. The van der Waals surface area contributed by atoms with Gasteiger partial charge in [0.25, 0.3) is 0 Å². The molecule has 0 bridgehead atoms. The second-order valence-electron chi connectivity index (χ2n) is 4.34. The van der Waals surface area contributed by atoms with Crippen molar-refractivity contribution in [1.82, 2.24) is 0 Å². The highest BCUT2D eigenvalue weighted by Crippen LogP contribution is 2.31. The van der Waals surface area contributed by atoms with Gasteiger partial charge in [-0.05, 0) is 49.2 Å². The van der Waals surface area contributed by atoms with E-state index in [0.717, 1.165) is 10.4 Å². The van der Waals surface area contributed by atoms with Crippen molar-refractivity contribution in [2.24, 2.45) is 0 Å². The maximum Gasteiger partial charge on any atom is 0.0922 e. The second-order valence-corrected chi connectivity index (χ2v) is 6.48. The Hall–Kier alpha value is -0.540. The summed E-state index contributed by atoms with van der Waals surface area (Å²) in [5, 5.41) is 11.5. The van der Waals surface area contributed by atoms with E-state index in [1.54, 1.807) is 29.5 Å². The van der Waals surface area contributed by atoms with Gasteiger partial charge in [0, 0.05) is 26.2 Å². The largest absolute Gasteiger partial charge is 0.387 e. The molecule has 0 saturated heterocycles. The fraction of sp³-hybridized carbons (Fsp3) is 0.286. The zero-order chi connectivity index (χ0) is 13.3. The molecule has 1 atom stereocenters. The highest BCUT2D eigenvalue weighted by molar-refractivity contribution is 7.12. The van der Waals surface area contributed by atoms with Crippen LogP contribution in [0.2, 0.25) is 10.0 Å². The minimum atomic E-state index is -0.529. The van der Waals surface area contributed by atoms with Crippen molar-refractivity contribution in [2.75, 3.05) is 0 Å². The predicted molar refractivity (Wildman–Crippen MR) is 78.9 cm³/mol. The van der Waals surface area contributed by atoms with Crippen molar-refractivity contribution >= 4 is 34.5 Å². The Balaban J connectivity index is 2.20. The highest BCUT2D eigenvalue weighted by Gasteiger charge is 2.14. The molecule has 0 aliphatic carbocycles. The molecule has 0 amide bonds. The van der Waals surface area contributed by atoms with E-state index < -0.39 is 6.10 Å². The summed E-state index contributed by atoms with van der Waals surface area (Å²) in [6.07, 6.45) is -0.0444. The van der Waals surface area contributed by atoms with E-state index >= 15 is 0 Å². The van der Waals surface area contributed by atoms with Crippen LogP contribution in [0.4, 0.5) is 0 Å². The van der Waals surface area contributed by atoms with Gasteiger partial charge in [-0.1, -0.05) is 23.2 Å². The van der Waals surface area contributed by atoms with Crippen LogP contribution in [0.5, 0.6) is 0 Å². The number of hydrogen-bond acceptors (Lipinski definition) is 2. The van der Waals surface area contributed by atoms with E-state index in [1.165, 1.54) is 10.4 Å². The molecule has 2 aromatic rings. The molecule has 1 nitrogen and oxygen atoms in total. The van der Waals surface area contributed by atoms with Crippen LogP contribution in [-0.4, -0.2) is 5.11 Å². The van der Waals surface area contributed by atoms with Crippen LogP contribution in [-0.2, 0) is 6.42 Å². The summed E-state index contributed by atoms with van der Waals surface area (Å²) < 4.78 is 0. The van der Waals surface area contributed by atoms with Gasteiger partial charge in [-0.3, -0.25) is 0 Å². The van der Waals surface area contributed by atoms with Crippen molar-refractivity contribution < 1.29 is 5.11 Å². The zero-order valence-electron chi connectivity index (χ0n) is 10.2. The van der Waals surface area contributed by atoms with E-state index in [2.05, 4.69) is 13.8 Å². The third kappa shape index (κ3) is 3.07. The first-order valence-electron chi connectivity index (χ1n) is 5.66. The second kappa shape index (κ2) is 5.62. The molecule has 96 valence electrons. The monoisotopic (exact) mass is 300 g/mol. The Morgan fingerprint density at radius 1 is 1.22 bits per heavy atom. The molecule has 0 aliphatic rings. The Bertz CT molecular complexity index is 543. The summed E-state index contributed by atoms with van der Waals surface area (Å²) in [5.41, 5.74) is 2.09. The topological polar surface area (TPSA) is 20.2 Å². The summed E-state index contributed by atoms with van der Waals surface area (Å²) in [5.74, 6) is 0. The average molecular weight is 301 g/mol. The molecule has 0 saturated carbocycles. The minimum Gasteiger partial charge on any atom is -0.387 e. The Labute approximate surface area is 121 Å². The van der Waals surface area contributed by atoms with Gasteiger partial charge in [-0.15, -0.1) is 11.3 Å². The Kier molecular flexibility index (Phi) is 4.33. The van der Waals surface area contributed by atoms with Crippen molar-refractivity contribution in [1.29, 1.82) is 0 Å². The molecular formula is C14H14Cl2OS. The van der Waals surface area contributed by atoms with Crippen molar-refractivity contribution in [3.63, 3.8) is 0 Å². The number of aliphatic hydroxyl groups is 1. The number of hydrogen-bond donors (Lipinski definition) is 1. The Morgan fingerprint density at radius 2 is 1.94 bits per heavy atom. The van der Waals surface area contributed by atoms with Gasteiger partial charge >= 0.3 is 0 Å². The molecule has 0 fully saturated rings. The van der Waals surface area contributed by atoms with Crippen LogP contribution in [0.15, 0.2) is 24.3 Å². The lowest BCUT2D eigenvalue weighted by Gasteiger charge is -2.10. The van der Waals surface area contributed by atoms with E-state index in [9.17, 15) is 5.11 Å². The van der Waals surface area contributed by atoms with E-state index in [4.69, 9.17) is 23.2 Å².